The molecule has 2 nitrogen and oxygen atoms in total. The highest BCUT2D eigenvalue weighted by atomic mass is 79.9. The fraction of sp³-hybridized carbons (Fsp3) is 0.167. The lowest BCUT2D eigenvalue weighted by atomic mass is 9.95. The maximum absolute atomic E-state index is 4.40. The number of nitrogens with one attached hydrogen (secondary N) is 1. The smallest absolute Gasteiger partial charge is 0.0606 e. The number of rotatable bonds is 3. The second-order valence-corrected chi connectivity index (χ2v) is 6.05. The van der Waals surface area contributed by atoms with Crippen LogP contribution in [0.3, 0.4) is 0 Å². The van der Waals surface area contributed by atoms with Gasteiger partial charge < -0.3 is 5.32 Å². The van der Waals surface area contributed by atoms with Crippen molar-refractivity contribution in [3.63, 3.8) is 0 Å². The van der Waals surface area contributed by atoms with Crippen LogP contribution in [0.15, 0.2) is 59.3 Å². The van der Waals surface area contributed by atoms with Gasteiger partial charge in [-0.15, -0.1) is 0 Å². The molecule has 1 N–H and O–H groups in total. The molecule has 21 heavy (non-hydrogen) atoms. The molecule has 0 spiro atoms. The van der Waals surface area contributed by atoms with E-state index in [0.717, 1.165) is 4.47 Å². The Kier molecular flexibility index (Phi) is 4.04. The molecule has 1 atom stereocenters. The van der Waals surface area contributed by atoms with Crippen molar-refractivity contribution in [3.05, 3.63) is 76.0 Å². The van der Waals surface area contributed by atoms with Gasteiger partial charge in [0.15, 0.2) is 0 Å². The number of hydrogen-bond donors (Lipinski definition) is 1. The summed E-state index contributed by atoms with van der Waals surface area (Å²) in [5.74, 6) is 0. The Bertz CT molecular complexity index is 778. The second kappa shape index (κ2) is 5.96. The number of fused-ring (bicyclic) bond motifs is 1. The van der Waals surface area contributed by atoms with Gasteiger partial charge in [0.25, 0.3) is 0 Å². The zero-order valence-electron chi connectivity index (χ0n) is 12.1. The molecule has 0 fully saturated rings. The molecule has 0 saturated carbocycles. The van der Waals surface area contributed by atoms with Gasteiger partial charge >= 0.3 is 0 Å². The summed E-state index contributed by atoms with van der Waals surface area (Å²) in [6.07, 6.45) is 3.87. The van der Waals surface area contributed by atoms with Gasteiger partial charge in [0, 0.05) is 22.3 Å². The van der Waals surface area contributed by atoms with E-state index < -0.39 is 0 Å². The first kappa shape index (κ1) is 14.2. The molecule has 0 aliphatic heterocycles. The SMILES string of the molecule is CNC(c1ccc(C)cc1Br)c1cncc2ccccc12. The average molecular weight is 341 g/mol. The zero-order chi connectivity index (χ0) is 14.8. The Morgan fingerprint density at radius 2 is 1.86 bits per heavy atom. The number of aromatic nitrogens is 1. The van der Waals surface area contributed by atoms with Gasteiger partial charge in [-0.05, 0) is 42.1 Å². The van der Waals surface area contributed by atoms with E-state index in [1.165, 1.54) is 27.5 Å². The maximum atomic E-state index is 4.40. The van der Waals surface area contributed by atoms with Gasteiger partial charge in [0.2, 0.25) is 0 Å². The van der Waals surface area contributed by atoms with Crippen LogP contribution in [-0.4, -0.2) is 12.0 Å². The molecule has 0 aliphatic carbocycles. The highest BCUT2D eigenvalue weighted by molar-refractivity contribution is 9.10. The zero-order valence-corrected chi connectivity index (χ0v) is 13.7. The van der Waals surface area contributed by atoms with E-state index in [-0.39, 0.29) is 6.04 Å². The number of pyridine rings is 1. The van der Waals surface area contributed by atoms with E-state index in [1.807, 2.05) is 25.5 Å². The van der Waals surface area contributed by atoms with Crippen molar-refractivity contribution in [2.75, 3.05) is 7.05 Å². The third kappa shape index (κ3) is 2.71. The summed E-state index contributed by atoms with van der Waals surface area (Å²) < 4.78 is 1.12. The standard InChI is InChI=1S/C18H17BrN2/c1-12-7-8-15(17(19)9-12)18(20-2)16-11-21-10-13-5-3-4-6-14(13)16/h3-11,18,20H,1-2H3. The van der Waals surface area contributed by atoms with Crippen LogP contribution < -0.4 is 5.32 Å². The summed E-state index contributed by atoms with van der Waals surface area (Å²) in [6, 6.07) is 14.9. The second-order valence-electron chi connectivity index (χ2n) is 5.20. The lowest BCUT2D eigenvalue weighted by Gasteiger charge is -2.20. The molecule has 0 aliphatic rings. The van der Waals surface area contributed by atoms with Crippen molar-refractivity contribution in [2.45, 2.75) is 13.0 Å². The van der Waals surface area contributed by atoms with Crippen LogP contribution in [0.5, 0.6) is 0 Å². The molecule has 3 aromatic rings. The summed E-state index contributed by atoms with van der Waals surface area (Å²) in [5, 5.41) is 5.82. The van der Waals surface area contributed by atoms with Crippen molar-refractivity contribution in [3.8, 4) is 0 Å². The van der Waals surface area contributed by atoms with E-state index in [0.29, 0.717) is 0 Å². The summed E-state index contributed by atoms with van der Waals surface area (Å²) in [4.78, 5) is 4.40. The van der Waals surface area contributed by atoms with Crippen LogP contribution in [0.25, 0.3) is 10.8 Å². The molecule has 3 heteroatoms. The molecule has 3 rings (SSSR count). The van der Waals surface area contributed by atoms with Crippen molar-refractivity contribution in [2.24, 2.45) is 0 Å². The Morgan fingerprint density at radius 1 is 1.05 bits per heavy atom. The van der Waals surface area contributed by atoms with Crippen molar-refractivity contribution >= 4 is 26.7 Å². The molecule has 106 valence electrons. The van der Waals surface area contributed by atoms with Crippen LogP contribution in [0.2, 0.25) is 0 Å². The predicted octanol–water partition coefficient (Wildman–Crippen LogP) is 4.61. The first-order valence-electron chi connectivity index (χ1n) is 6.96. The van der Waals surface area contributed by atoms with Gasteiger partial charge in [-0.3, -0.25) is 4.98 Å². The van der Waals surface area contributed by atoms with Crippen LogP contribution in [-0.2, 0) is 0 Å². The van der Waals surface area contributed by atoms with Crippen LogP contribution >= 0.6 is 15.9 Å². The third-order valence-corrected chi connectivity index (χ3v) is 4.45. The van der Waals surface area contributed by atoms with Crippen molar-refractivity contribution in [1.82, 2.24) is 10.3 Å². The quantitative estimate of drug-likeness (QED) is 0.752. The molecule has 0 radical (unpaired) electrons. The van der Waals surface area contributed by atoms with Crippen LogP contribution in [0.4, 0.5) is 0 Å². The van der Waals surface area contributed by atoms with Gasteiger partial charge in [-0.25, -0.2) is 0 Å². The Balaban J connectivity index is 2.18. The van der Waals surface area contributed by atoms with E-state index in [2.05, 4.69) is 69.6 Å². The Labute approximate surface area is 133 Å². The molecule has 1 unspecified atom stereocenters. The fourth-order valence-electron chi connectivity index (χ4n) is 2.71. The lowest BCUT2D eigenvalue weighted by Crippen LogP contribution is -2.18. The van der Waals surface area contributed by atoms with E-state index in [1.54, 1.807) is 0 Å². The fourth-order valence-corrected chi connectivity index (χ4v) is 3.44. The van der Waals surface area contributed by atoms with E-state index in [9.17, 15) is 0 Å². The minimum absolute atomic E-state index is 0.110. The predicted molar refractivity (Wildman–Crippen MR) is 91.5 cm³/mol. The third-order valence-electron chi connectivity index (χ3n) is 3.77. The van der Waals surface area contributed by atoms with Crippen molar-refractivity contribution in [1.29, 1.82) is 0 Å². The molecule has 1 heterocycles. The van der Waals surface area contributed by atoms with Crippen molar-refractivity contribution < 1.29 is 0 Å². The highest BCUT2D eigenvalue weighted by Gasteiger charge is 2.17. The van der Waals surface area contributed by atoms with Gasteiger partial charge in [-0.1, -0.05) is 52.3 Å². The Hall–Kier alpha value is -1.71. The summed E-state index contributed by atoms with van der Waals surface area (Å²) in [6.45, 7) is 2.10. The number of nitrogens with zero attached hydrogens (tertiary/aromatic N) is 1. The summed E-state index contributed by atoms with van der Waals surface area (Å²) in [7, 11) is 1.98. The number of benzene rings is 2. The Morgan fingerprint density at radius 3 is 2.62 bits per heavy atom. The lowest BCUT2D eigenvalue weighted by molar-refractivity contribution is 0.691. The largest absolute Gasteiger partial charge is 0.309 e. The van der Waals surface area contributed by atoms with Gasteiger partial charge in [0.05, 0.1) is 6.04 Å². The van der Waals surface area contributed by atoms with Crippen LogP contribution in [0, 0.1) is 6.92 Å². The monoisotopic (exact) mass is 340 g/mol. The molecule has 0 bridgehead atoms. The maximum Gasteiger partial charge on any atom is 0.0606 e. The van der Waals surface area contributed by atoms with Gasteiger partial charge in [0.1, 0.15) is 0 Å². The van der Waals surface area contributed by atoms with E-state index in [4.69, 9.17) is 0 Å². The average Bonchev–Trinajstić information content (AvgIpc) is 2.50. The highest BCUT2D eigenvalue weighted by Crippen LogP contribution is 2.32. The minimum Gasteiger partial charge on any atom is -0.309 e. The van der Waals surface area contributed by atoms with Crippen LogP contribution in [0.1, 0.15) is 22.7 Å². The molecular weight excluding hydrogens is 324 g/mol. The molecule has 2 aromatic carbocycles. The number of halogens is 1. The topological polar surface area (TPSA) is 24.9 Å². The molecule has 1 aromatic heterocycles. The summed E-state index contributed by atoms with van der Waals surface area (Å²) in [5.41, 5.74) is 3.66. The first-order chi connectivity index (χ1) is 10.2. The van der Waals surface area contributed by atoms with E-state index >= 15 is 0 Å². The molecular formula is C18H17BrN2. The minimum atomic E-state index is 0.110. The number of hydrogen-bond acceptors (Lipinski definition) is 2. The molecule has 0 saturated heterocycles. The normalized spacial score (nSPS) is 12.5. The first-order valence-corrected chi connectivity index (χ1v) is 7.76. The molecule has 0 amide bonds. The number of aryl methyl sites for hydroxylation is 1. The van der Waals surface area contributed by atoms with Gasteiger partial charge in [-0.2, -0.15) is 0 Å². The summed E-state index contributed by atoms with van der Waals surface area (Å²) >= 11 is 3.69.